The summed E-state index contributed by atoms with van der Waals surface area (Å²) in [6, 6.07) is 0.282. The molecule has 0 aromatic carbocycles. The molecule has 1 aromatic heterocycles. The van der Waals surface area contributed by atoms with E-state index in [1.165, 1.54) is 11.3 Å². The molecule has 1 N–H and O–H groups in total. The van der Waals surface area contributed by atoms with Crippen LogP contribution in [0.4, 0.5) is 5.13 Å². The molecule has 0 saturated carbocycles. The molecule has 1 unspecified atom stereocenters. The largest absolute Gasteiger partial charge is 0.477 e. The summed E-state index contributed by atoms with van der Waals surface area (Å²) in [6.07, 6.45) is 0.965. The minimum absolute atomic E-state index is 0.267. The van der Waals surface area contributed by atoms with E-state index < -0.39 is 5.97 Å². The number of hydrogen-bond acceptors (Lipinski definition) is 5. The van der Waals surface area contributed by atoms with E-state index in [4.69, 9.17) is 4.74 Å². The monoisotopic (exact) mass is 298 g/mol. The molecule has 0 radical (unpaired) electrons. The van der Waals surface area contributed by atoms with Crippen LogP contribution in [0.1, 0.15) is 49.5 Å². The molecule has 6 heteroatoms. The summed E-state index contributed by atoms with van der Waals surface area (Å²) < 4.78 is 5.50. The van der Waals surface area contributed by atoms with Gasteiger partial charge in [-0.2, -0.15) is 0 Å². The summed E-state index contributed by atoms with van der Waals surface area (Å²) in [6.45, 7) is 10.2. The molecule has 1 fully saturated rings. The van der Waals surface area contributed by atoms with Gasteiger partial charge >= 0.3 is 5.97 Å². The van der Waals surface area contributed by atoms with Crippen molar-refractivity contribution in [2.45, 2.75) is 45.6 Å². The molecule has 0 aliphatic carbocycles. The van der Waals surface area contributed by atoms with Gasteiger partial charge in [0.2, 0.25) is 0 Å². The standard InChI is InChI=1S/C14H22N2O3S/c1-5-9-8-19-7-6-16(9)13-15-11(14(2,3)4)10(20-13)12(17)18/h9H,5-8H2,1-4H3,(H,17,18). The second-order valence-corrected chi connectivity index (χ2v) is 7.04. The van der Waals surface area contributed by atoms with E-state index in [2.05, 4.69) is 16.8 Å². The number of aromatic nitrogens is 1. The average Bonchev–Trinajstić information content (AvgIpc) is 2.83. The molecule has 0 amide bonds. The van der Waals surface area contributed by atoms with Gasteiger partial charge in [-0.05, 0) is 6.42 Å². The number of ether oxygens (including phenoxy) is 1. The molecule has 1 aromatic rings. The summed E-state index contributed by atoms with van der Waals surface area (Å²) in [5.41, 5.74) is 0.405. The van der Waals surface area contributed by atoms with E-state index in [1.54, 1.807) is 0 Å². The highest BCUT2D eigenvalue weighted by molar-refractivity contribution is 7.17. The molecule has 5 nitrogen and oxygen atoms in total. The van der Waals surface area contributed by atoms with Crippen molar-refractivity contribution in [1.29, 1.82) is 0 Å². The Hall–Kier alpha value is -1.14. The minimum Gasteiger partial charge on any atom is -0.477 e. The third-order valence-corrected chi connectivity index (χ3v) is 4.55. The lowest BCUT2D eigenvalue weighted by molar-refractivity contribution is 0.0699. The van der Waals surface area contributed by atoms with Crippen molar-refractivity contribution in [3.63, 3.8) is 0 Å². The Kier molecular flexibility index (Phi) is 4.34. The zero-order valence-electron chi connectivity index (χ0n) is 12.5. The molecule has 1 atom stereocenters. The fourth-order valence-electron chi connectivity index (χ4n) is 2.33. The molecule has 20 heavy (non-hydrogen) atoms. The summed E-state index contributed by atoms with van der Waals surface area (Å²) in [4.78, 5) is 18.6. The van der Waals surface area contributed by atoms with Crippen LogP contribution in [0.3, 0.4) is 0 Å². The van der Waals surface area contributed by atoms with E-state index in [-0.39, 0.29) is 11.5 Å². The highest BCUT2D eigenvalue weighted by Crippen LogP contribution is 2.35. The second-order valence-electron chi connectivity index (χ2n) is 6.06. The minimum atomic E-state index is -0.889. The Balaban J connectivity index is 2.40. The third-order valence-electron chi connectivity index (χ3n) is 3.47. The lowest BCUT2D eigenvalue weighted by Crippen LogP contribution is -2.45. The van der Waals surface area contributed by atoms with Crippen LogP contribution in [0, 0.1) is 0 Å². The van der Waals surface area contributed by atoms with Gasteiger partial charge in [0, 0.05) is 12.0 Å². The van der Waals surface area contributed by atoms with Crippen molar-refractivity contribution in [1.82, 2.24) is 4.98 Å². The quantitative estimate of drug-likeness (QED) is 0.929. The normalized spacial score (nSPS) is 20.2. The Morgan fingerprint density at radius 2 is 2.25 bits per heavy atom. The van der Waals surface area contributed by atoms with Crippen LogP contribution in [0.15, 0.2) is 0 Å². The Morgan fingerprint density at radius 3 is 2.75 bits per heavy atom. The maximum absolute atomic E-state index is 11.4. The maximum Gasteiger partial charge on any atom is 0.347 e. The van der Waals surface area contributed by atoms with Crippen molar-refractivity contribution in [2.24, 2.45) is 0 Å². The Labute approximate surface area is 123 Å². The molecule has 1 aliphatic heterocycles. The molecule has 0 bridgehead atoms. The lowest BCUT2D eigenvalue weighted by Gasteiger charge is -2.34. The molecule has 1 saturated heterocycles. The summed E-state index contributed by atoms with van der Waals surface area (Å²) in [5, 5.41) is 10.2. The van der Waals surface area contributed by atoms with E-state index >= 15 is 0 Å². The number of carboxylic acids is 1. The van der Waals surface area contributed by atoms with E-state index in [0.717, 1.165) is 18.1 Å². The van der Waals surface area contributed by atoms with Crippen LogP contribution in [-0.4, -0.2) is 41.9 Å². The van der Waals surface area contributed by atoms with Gasteiger partial charge in [0.05, 0.1) is 24.9 Å². The molecular formula is C14H22N2O3S. The van der Waals surface area contributed by atoms with Crippen molar-refractivity contribution in [2.75, 3.05) is 24.7 Å². The van der Waals surface area contributed by atoms with Gasteiger partial charge in [0.15, 0.2) is 5.13 Å². The maximum atomic E-state index is 11.4. The molecular weight excluding hydrogens is 276 g/mol. The fraction of sp³-hybridized carbons (Fsp3) is 0.714. The van der Waals surface area contributed by atoms with Crippen LogP contribution in [-0.2, 0) is 10.2 Å². The number of rotatable bonds is 3. The summed E-state index contributed by atoms with van der Waals surface area (Å²) >= 11 is 1.28. The van der Waals surface area contributed by atoms with Gasteiger partial charge in [-0.1, -0.05) is 39.0 Å². The third kappa shape index (κ3) is 2.96. The van der Waals surface area contributed by atoms with Gasteiger partial charge in [-0.25, -0.2) is 9.78 Å². The smallest absolute Gasteiger partial charge is 0.347 e. The van der Waals surface area contributed by atoms with Gasteiger partial charge in [0.25, 0.3) is 0 Å². The predicted octanol–water partition coefficient (Wildman–Crippen LogP) is 2.75. The fourth-order valence-corrected chi connectivity index (χ4v) is 3.54. The number of hydrogen-bond donors (Lipinski definition) is 1. The van der Waals surface area contributed by atoms with Crippen molar-refractivity contribution >= 4 is 22.4 Å². The van der Waals surface area contributed by atoms with Crippen LogP contribution in [0.5, 0.6) is 0 Å². The summed E-state index contributed by atoms with van der Waals surface area (Å²) in [5.74, 6) is -0.889. The highest BCUT2D eigenvalue weighted by atomic mass is 32.1. The number of carbonyl (C=O) groups is 1. The molecule has 2 heterocycles. The van der Waals surface area contributed by atoms with Gasteiger partial charge in [-0.3, -0.25) is 0 Å². The van der Waals surface area contributed by atoms with E-state index in [0.29, 0.717) is 23.8 Å². The first-order valence-electron chi connectivity index (χ1n) is 6.93. The Bertz CT molecular complexity index is 493. The van der Waals surface area contributed by atoms with E-state index in [1.807, 2.05) is 20.8 Å². The lowest BCUT2D eigenvalue weighted by atomic mass is 9.91. The second kappa shape index (κ2) is 5.69. The zero-order valence-corrected chi connectivity index (χ0v) is 13.3. The van der Waals surface area contributed by atoms with Gasteiger partial charge < -0.3 is 14.7 Å². The first-order chi connectivity index (χ1) is 9.34. The first kappa shape index (κ1) is 15.3. The average molecular weight is 298 g/mol. The molecule has 0 spiro atoms. The number of anilines is 1. The highest BCUT2D eigenvalue weighted by Gasteiger charge is 2.31. The Morgan fingerprint density at radius 1 is 1.55 bits per heavy atom. The number of thiazole rings is 1. The number of nitrogens with zero attached hydrogens (tertiary/aromatic N) is 2. The van der Waals surface area contributed by atoms with Crippen LogP contribution in [0.2, 0.25) is 0 Å². The topological polar surface area (TPSA) is 62.7 Å². The predicted molar refractivity (Wildman–Crippen MR) is 80.0 cm³/mol. The summed E-state index contributed by atoms with van der Waals surface area (Å²) in [7, 11) is 0. The molecule has 112 valence electrons. The van der Waals surface area contributed by atoms with Crippen molar-refractivity contribution < 1.29 is 14.6 Å². The molecule has 2 rings (SSSR count). The van der Waals surface area contributed by atoms with Crippen LogP contribution in [0.25, 0.3) is 0 Å². The van der Waals surface area contributed by atoms with Crippen molar-refractivity contribution in [3.05, 3.63) is 10.6 Å². The SMILES string of the molecule is CCC1COCCN1c1nc(C(C)(C)C)c(C(=O)O)s1. The zero-order chi connectivity index (χ0) is 14.9. The number of aromatic carboxylic acids is 1. The molecule has 1 aliphatic rings. The number of morpholine rings is 1. The van der Waals surface area contributed by atoms with Gasteiger partial charge in [-0.15, -0.1) is 0 Å². The first-order valence-corrected chi connectivity index (χ1v) is 7.75. The van der Waals surface area contributed by atoms with Crippen molar-refractivity contribution in [3.8, 4) is 0 Å². The van der Waals surface area contributed by atoms with Crippen LogP contribution >= 0.6 is 11.3 Å². The van der Waals surface area contributed by atoms with Crippen LogP contribution < -0.4 is 4.90 Å². The number of carboxylic acid groups (broad SMARTS) is 1. The van der Waals surface area contributed by atoms with E-state index in [9.17, 15) is 9.90 Å². The van der Waals surface area contributed by atoms with Gasteiger partial charge in [0.1, 0.15) is 4.88 Å².